The number of likely N-dealkylation sites (N-methyl/N-ethyl adjacent to an activating group) is 1. The van der Waals surface area contributed by atoms with Crippen LogP contribution in [0.4, 0.5) is 0 Å². The Balaban J connectivity index is 3.05. The van der Waals surface area contributed by atoms with Crippen LogP contribution in [0.5, 0.6) is 0 Å². The van der Waals surface area contributed by atoms with Crippen molar-refractivity contribution in [2.45, 2.75) is 37.8 Å². The maximum atomic E-state index is 11.7. The lowest BCUT2D eigenvalue weighted by atomic mass is 9.87. The summed E-state index contributed by atoms with van der Waals surface area (Å²) >= 11 is 0. The van der Waals surface area contributed by atoms with Crippen molar-refractivity contribution in [3.05, 3.63) is 0 Å². The fourth-order valence-corrected chi connectivity index (χ4v) is 3.31. The zero-order chi connectivity index (χ0) is 19.0. The maximum Gasteiger partial charge on any atom is 0.317 e. The highest BCUT2D eigenvalue weighted by Gasteiger charge is 2.37. The Morgan fingerprint density at radius 3 is 1.48 bits per heavy atom. The summed E-state index contributed by atoms with van der Waals surface area (Å²) in [6.45, 7) is -1.41. The average Bonchev–Trinajstić information content (AvgIpc) is 2.52. The van der Waals surface area contributed by atoms with Gasteiger partial charge in [-0.3, -0.25) is 29.0 Å². The molecule has 1 rings (SSSR count). The predicted octanol–water partition coefficient (Wildman–Crippen LogP) is -1.10. The van der Waals surface area contributed by atoms with Crippen LogP contribution < -0.4 is 5.32 Å². The molecule has 0 bridgehead atoms. The van der Waals surface area contributed by atoms with E-state index in [0.717, 1.165) is 12.8 Å². The Morgan fingerprint density at radius 1 is 0.800 bits per heavy atom. The minimum atomic E-state index is -1.15. The molecule has 1 saturated carbocycles. The second kappa shape index (κ2) is 9.94. The zero-order valence-electron chi connectivity index (χ0n) is 14.2. The van der Waals surface area contributed by atoms with Gasteiger partial charge in [-0.05, 0) is 12.8 Å². The molecule has 1 aliphatic rings. The molecule has 0 aromatic carbocycles. The quantitative estimate of drug-likeness (QED) is 0.381. The number of nitrogens with one attached hydrogen (secondary N) is 1. The number of hydrogen-bond acceptors (Lipinski definition) is 6. The number of hydrogen-bond donors (Lipinski definition) is 4. The lowest BCUT2D eigenvalue weighted by molar-refractivity contribution is -0.147. The third-order valence-corrected chi connectivity index (χ3v) is 4.27. The summed E-state index contributed by atoms with van der Waals surface area (Å²) in [6, 6.07) is -0.842. The molecule has 0 spiro atoms. The van der Waals surface area contributed by atoms with Crippen LogP contribution >= 0.6 is 0 Å². The molecule has 0 heterocycles. The van der Waals surface area contributed by atoms with Crippen LogP contribution in [0.25, 0.3) is 0 Å². The molecule has 0 aromatic heterocycles. The molecule has 1 aliphatic carbocycles. The summed E-state index contributed by atoms with van der Waals surface area (Å²) < 4.78 is 0. The summed E-state index contributed by atoms with van der Waals surface area (Å²) in [7, 11) is 1.45. The van der Waals surface area contributed by atoms with E-state index in [1.54, 1.807) is 0 Å². The molecular formula is C15H25N3O7. The van der Waals surface area contributed by atoms with Gasteiger partial charge in [0.1, 0.15) is 0 Å². The van der Waals surface area contributed by atoms with Gasteiger partial charge in [0.25, 0.3) is 0 Å². The fraction of sp³-hybridized carbons (Fsp3) is 0.733. The summed E-state index contributed by atoms with van der Waals surface area (Å²) in [6.07, 6.45) is 2.72. The largest absolute Gasteiger partial charge is 0.480 e. The van der Waals surface area contributed by atoms with Crippen molar-refractivity contribution < 1.29 is 34.5 Å². The summed E-state index contributed by atoms with van der Waals surface area (Å²) in [5, 5.41) is 29.7. The van der Waals surface area contributed by atoms with Crippen LogP contribution in [-0.2, 0) is 19.2 Å². The molecule has 10 heteroatoms. The van der Waals surface area contributed by atoms with Crippen LogP contribution in [0.1, 0.15) is 25.7 Å². The lowest BCUT2D eigenvalue weighted by Crippen LogP contribution is -2.57. The van der Waals surface area contributed by atoms with Gasteiger partial charge in [0, 0.05) is 19.1 Å². The number of carbonyl (C=O) groups is 4. The summed E-state index contributed by atoms with van der Waals surface area (Å²) in [4.78, 5) is 47.9. The third kappa shape index (κ3) is 7.06. The number of rotatable bonds is 10. The lowest BCUT2D eigenvalue weighted by Gasteiger charge is -2.43. The molecule has 142 valence electrons. The highest BCUT2D eigenvalue weighted by molar-refractivity contribution is 5.78. The van der Waals surface area contributed by atoms with Crippen molar-refractivity contribution in [2.75, 3.05) is 33.2 Å². The van der Waals surface area contributed by atoms with Crippen LogP contribution in [0.3, 0.4) is 0 Å². The van der Waals surface area contributed by atoms with Gasteiger partial charge in [-0.15, -0.1) is 0 Å². The van der Waals surface area contributed by atoms with E-state index in [9.17, 15) is 19.2 Å². The Bertz CT molecular complexity index is 495. The molecule has 25 heavy (non-hydrogen) atoms. The van der Waals surface area contributed by atoms with Gasteiger partial charge in [0.05, 0.1) is 26.2 Å². The van der Waals surface area contributed by atoms with Gasteiger partial charge >= 0.3 is 17.9 Å². The van der Waals surface area contributed by atoms with Gasteiger partial charge in [-0.25, -0.2) is 0 Å². The normalized spacial score (nSPS) is 20.4. The monoisotopic (exact) mass is 359 g/mol. The van der Waals surface area contributed by atoms with Gasteiger partial charge < -0.3 is 20.6 Å². The summed E-state index contributed by atoms with van der Waals surface area (Å²) in [5.74, 6) is -3.76. The number of carboxylic acids is 3. The maximum absolute atomic E-state index is 11.7. The standard InChI is InChI=1S/C15H25N3O7/c1-16-12(19)6-17(7-13(20)21)10-4-2-3-5-11(10)18(8-14(22)23)9-15(24)25/h10-11H,2-9H2,1H3,(H,16,19)(H,20,21)(H,22,23)(H,24,25). The average molecular weight is 359 g/mol. The van der Waals surface area contributed by atoms with E-state index in [1.165, 1.54) is 16.8 Å². The number of carbonyl (C=O) groups excluding carboxylic acids is 1. The van der Waals surface area contributed by atoms with Gasteiger partial charge in [0.15, 0.2) is 0 Å². The molecule has 1 fully saturated rings. The highest BCUT2D eigenvalue weighted by Crippen LogP contribution is 2.27. The first-order chi connectivity index (χ1) is 11.7. The molecule has 0 saturated heterocycles. The smallest absolute Gasteiger partial charge is 0.317 e. The van der Waals surface area contributed by atoms with Crippen LogP contribution in [-0.4, -0.2) is 94.2 Å². The van der Waals surface area contributed by atoms with Crippen molar-refractivity contribution in [3.8, 4) is 0 Å². The molecule has 0 aromatic rings. The number of nitrogens with zero attached hydrogens (tertiary/aromatic N) is 2. The first kappa shape index (κ1) is 20.8. The topological polar surface area (TPSA) is 147 Å². The molecule has 1 amide bonds. The number of aliphatic carboxylic acids is 3. The fourth-order valence-electron chi connectivity index (χ4n) is 3.31. The van der Waals surface area contributed by atoms with Gasteiger partial charge in [-0.2, -0.15) is 0 Å². The van der Waals surface area contributed by atoms with E-state index in [4.69, 9.17) is 15.3 Å². The SMILES string of the molecule is CNC(=O)CN(CC(=O)O)C1CCCCC1N(CC(=O)O)CC(=O)O. The zero-order valence-corrected chi connectivity index (χ0v) is 14.2. The predicted molar refractivity (Wildman–Crippen MR) is 86.2 cm³/mol. The summed E-state index contributed by atoms with van der Waals surface area (Å²) in [5.41, 5.74) is 0. The minimum Gasteiger partial charge on any atom is -0.480 e. The number of amides is 1. The van der Waals surface area contributed by atoms with Crippen molar-refractivity contribution in [1.29, 1.82) is 0 Å². The molecule has 10 nitrogen and oxygen atoms in total. The van der Waals surface area contributed by atoms with E-state index < -0.39 is 43.1 Å². The molecule has 0 aliphatic heterocycles. The van der Waals surface area contributed by atoms with Crippen LogP contribution in [0.2, 0.25) is 0 Å². The van der Waals surface area contributed by atoms with E-state index >= 15 is 0 Å². The van der Waals surface area contributed by atoms with E-state index in [1.807, 2.05) is 0 Å². The third-order valence-electron chi connectivity index (χ3n) is 4.27. The molecule has 2 unspecified atom stereocenters. The second-order valence-electron chi connectivity index (χ2n) is 6.08. The number of carboxylic acid groups (broad SMARTS) is 3. The molecule has 2 atom stereocenters. The minimum absolute atomic E-state index is 0.141. The Hall–Kier alpha value is -2.20. The van der Waals surface area contributed by atoms with Gasteiger partial charge in [-0.1, -0.05) is 12.8 Å². The Morgan fingerprint density at radius 2 is 1.16 bits per heavy atom. The van der Waals surface area contributed by atoms with E-state index in [-0.39, 0.29) is 19.0 Å². The van der Waals surface area contributed by atoms with E-state index in [0.29, 0.717) is 12.8 Å². The van der Waals surface area contributed by atoms with E-state index in [2.05, 4.69) is 5.32 Å². The van der Waals surface area contributed by atoms with Crippen molar-refractivity contribution in [1.82, 2.24) is 15.1 Å². The molecule has 4 N–H and O–H groups in total. The second-order valence-corrected chi connectivity index (χ2v) is 6.08. The van der Waals surface area contributed by atoms with Gasteiger partial charge in [0.2, 0.25) is 5.91 Å². The van der Waals surface area contributed by atoms with Crippen LogP contribution in [0, 0.1) is 0 Å². The molecular weight excluding hydrogens is 334 g/mol. The molecule has 0 radical (unpaired) electrons. The van der Waals surface area contributed by atoms with Crippen molar-refractivity contribution >= 4 is 23.8 Å². The highest BCUT2D eigenvalue weighted by atomic mass is 16.4. The first-order valence-corrected chi connectivity index (χ1v) is 8.08. The van der Waals surface area contributed by atoms with Crippen molar-refractivity contribution in [2.24, 2.45) is 0 Å². The van der Waals surface area contributed by atoms with Crippen LogP contribution in [0.15, 0.2) is 0 Å². The Kier molecular flexibility index (Phi) is 8.29. The first-order valence-electron chi connectivity index (χ1n) is 8.08. The van der Waals surface area contributed by atoms with Crippen molar-refractivity contribution in [3.63, 3.8) is 0 Å². The Labute approximate surface area is 145 Å².